The molecule has 1 fully saturated rings. The van der Waals surface area contributed by atoms with E-state index in [4.69, 9.17) is 0 Å². The van der Waals surface area contributed by atoms with Crippen LogP contribution in [0.2, 0.25) is 0 Å². The second-order valence-electron chi connectivity index (χ2n) is 6.24. The van der Waals surface area contributed by atoms with E-state index in [9.17, 15) is 4.79 Å². The zero-order chi connectivity index (χ0) is 13.3. The second kappa shape index (κ2) is 5.12. The summed E-state index contributed by atoms with van der Waals surface area (Å²) in [5.41, 5.74) is 2.41. The first kappa shape index (κ1) is 12.9. The lowest BCUT2D eigenvalue weighted by molar-refractivity contribution is -0.134. The predicted octanol–water partition coefficient (Wildman–Crippen LogP) is 2.60. The number of hydrogen-bond donors (Lipinski definition) is 1. The van der Waals surface area contributed by atoms with E-state index in [1.54, 1.807) is 0 Å². The van der Waals surface area contributed by atoms with Crippen LogP contribution in [0.1, 0.15) is 45.4 Å². The molecule has 0 aromatic heterocycles. The van der Waals surface area contributed by atoms with Crippen molar-refractivity contribution in [1.82, 2.24) is 10.2 Å². The standard InChI is InChI=1S/C16H24N2O/c1-2-9-18-10-5-8-16(12-18)11-13-6-3-4-7-14(13)17-15(16)19/h3,6H,2,4-5,7-12H2,1H3,(H,17,19). The predicted molar refractivity (Wildman–Crippen MR) is 76.6 cm³/mol. The maximum absolute atomic E-state index is 12.6. The zero-order valence-corrected chi connectivity index (χ0v) is 11.9. The molecule has 3 heteroatoms. The van der Waals surface area contributed by atoms with Gasteiger partial charge < -0.3 is 10.2 Å². The van der Waals surface area contributed by atoms with Crippen LogP contribution in [0.5, 0.6) is 0 Å². The fraction of sp³-hybridized carbons (Fsp3) is 0.688. The Morgan fingerprint density at radius 1 is 1.47 bits per heavy atom. The van der Waals surface area contributed by atoms with Gasteiger partial charge in [-0.2, -0.15) is 0 Å². The number of hydrogen-bond acceptors (Lipinski definition) is 2. The summed E-state index contributed by atoms with van der Waals surface area (Å²) < 4.78 is 0. The Morgan fingerprint density at radius 2 is 2.37 bits per heavy atom. The Balaban J connectivity index is 1.82. The van der Waals surface area contributed by atoms with Gasteiger partial charge in [-0.3, -0.25) is 4.79 Å². The lowest BCUT2D eigenvalue weighted by Gasteiger charge is -2.45. The third-order valence-electron chi connectivity index (χ3n) is 4.74. The highest BCUT2D eigenvalue weighted by Gasteiger charge is 2.45. The van der Waals surface area contributed by atoms with E-state index in [1.807, 2.05) is 0 Å². The summed E-state index contributed by atoms with van der Waals surface area (Å²) in [6.07, 6.45) is 10.9. The molecule has 3 nitrogen and oxygen atoms in total. The monoisotopic (exact) mass is 260 g/mol. The van der Waals surface area contributed by atoms with E-state index in [0.29, 0.717) is 0 Å². The van der Waals surface area contributed by atoms with Crippen molar-refractivity contribution in [3.05, 3.63) is 23.4 Å². The van der Waals surface area contributed by atoms with Crippen molar-refractivity contribution in [3.63, 3.8) is 0 Å². The molecule has 1 amide bonds. The van der Waals surface area contributed by atoms with Crippen LogP contribution >= 0.6 is 0 Å². The molecule has 2 aliphatic heterocycles. The minimum absolute atomic E-state index is 0.159. The van der Waals surface area contributed by atoms with E-state index in [1.165, 1.54) is 17.7 Å². The first-order chi connectivity index (χ1) is 9.23. The van der Waals surface area contributed by atoms with Crippen molar-refractivity contribution in [2.24, 2.45) is 5.41 Å². The fourth-order valence-corrected chi connectivity index (χ4v) is 3.80. The third-order valence-corrected chi connectivity index (χ3v) is 4.74. The Hall–Kier alpha value is -1.09. The number of carbonyl (C=O) groups is 1. The summed E-state index contributed by atoms with van der Waals surface area (Å²) in [6.45, 7) is 5.44. The van der Waals surface area contributed by atoms with Gasteiger partial charge in [0.2, 0.25) is 5.91 Å². The number of amides is 1. The van der Waals surface area contributed by atoms with Crippen LogP contribution in [-0.4, -0.2) is 30.4 Å². The van der Waals surface area contributed by atoms with Crippen LogP contribution in [-0.2, 0) is 4.79 Å². The van der Waals surface area contributed by atoms with E-state index in [2.05, 4.69) is 29.3 Å². The van der Waals surface area contributed by atoms with E-state index in [-0.39, 0.29) is 11.3 Å². The molecule has 2 heterocycles. The fourth-order valence-electron chi connectivity index (χ4n) is 3.80. The number of nitrogens with zero attached hydrogens (tertiary/aromatic N) is 1. The topological polar surface area (TPSA) is 32.3 Å². The molecule has 1 N–H and O–H groups in total. The van der Waals surface area contributed by atoms with Crippen molar-refractivity contribution in [3.8, 4) is 0 Å². The summed E-state index contributed by atoms with van der Waals surface area (Å²) in [7, 11) is 0. The molecule has 0 aromatic rings. The van der Waals surface area contributed by atoms with E-state index >= 15 is 0 Å². The Labute approximate surface area is 115 Å². The third kappa shape index (κ3) is 2.36. The van der Waals surface area contributed by atoms with Gasteiger partial charge in [0.15, 0.2) is 0 Å². The normalized spacial score (nSPS) is 31.5. The van der Waals surface area contributed by atoms with Gasteiger partial charge in [0.1, 0.15) is 0 Å². The number of allylic oxidation sites excluding steroid dienone is 4. The maximum Gasteiger partial charge on any atom is 0.231 e. The molecule has 1 spiro atoms. The van der Waals surface area contributed by atoms with Crippen LogP contribution in [0.25, 0.3) is 0 Å². The molecule has 0 bridgehead atoms. The minimum atomic E-state index is -0.159. The summed E-state index contributed by atoms with van der Waals surface area (Å²) in [5, 5.41) is 3.20. The first-order valence-electron chi connectivity index (χ1n) is 7.66. The molecule has 0 radical (unpaired) electrons. The van der Waals surface area contributed by atoms with Crippen LogP contribution in [0, 0.1) is 5.41 Å². The number of piperidine rings is 1. The second-order valence-corrected chi connectivity index (χ2v) is 6.24. The molecule has 0 saturated carbocycles. The first-order valence-corrected chi connectivity index (χ1v) is 7.66. The molecule has 3 rings (SSSR count). The van der Waals surface area contributed by atoms with Gasteiger partial charge in [0.25, 0.3) is 0 Å². The highest BCUT2D eigenvalue weighted by atomic mass is 16.2. The Morgan fingerprint density at radius 3 is 3.21 bits per heavy atom. The molecule has 19 heavy (non-hydrogen) atoms. The van der Waals surface area contributed by atoms with Gasteiger partial charge in [-0.05, 0) is 57.2 Å². The maximum atomic E-state index is 12.6. The number of likely N-dealkylation sites (tertiary alicyclic amines) is 1. The van der Waals surface area contributed by atoms with Crippen LogP contribution in [0.4, 0.5) is 0 Å². The van der Waals surface area contributed by atoms with Gasteiger partial charge in [0.05, 0.1) is 5.41 Å². The van der Waals surface area contributed by atoms with Crippen LogP contribution < -0.4 is 5.32 Å². The molecular formula is C16H24N2O. The number of carbonyl (C=O) groups excluding carboxylic acids is 1. The van der Waals surface area contributed by atoms with Gasteiger partial charge >= 0.3 is 0 Å². The zero-order valence-electron chi connectivity index (χ0n) is 11.9. The molecule has 104 valence electrons. The lowest BCUT2D eigenvalue weighted by Crippen LogP contribution is -2.54. The average molecular weight is 260 g/mol. The van der Waals surface area contributed by atoms with Gasteiger partial charge in [0, 0.05) is 12.2 Å². The quantitative estimate of drug-likeness (QED) is 0.827. The molecule has 3 aliphatic rings. The van der Waals surface area contributed by atoms with Crippen molar-refractivity contribution in [2.75, 3.05) is 19.6 Å². The smallest absolute Gasteiger partial charge is 0.231 e. The molecule has 1 unspecified atom stereocenters. The minimum Gasteiger partial charge on any atom is -0.329 e. The Bertz CT molecular complexity index is 436. The highest BCUT2D eigenvalue weighted by Crippen LogP contribution is 2.41. The highest BCUT2D eigenvalue weighted by molar-refractivity contribution is 5.86. The van der Waals surface area contributed by atoms with Crippen molar-refractivity contribution in [1.29, 1.82) is 0 Å². The van der Waals surface area contributed by atoms with Crippen molar-refractivity contribution < 1.29 is 4.79 Å². The Kier molecular flexibility index (Phi) is 3.48. The molecular weight excluding hydrogens is 236 g/mol. The lowest BCUT2D eigenvalue weighted by atomic mass is 9.71. The average Bonchev–Trinajstić information content (AvgIpc) is 2.41. The van der Waals surface area contributed by atoms with Crippen molar-refractivity contribution in [2.45, 2.75) is 45.4 Å². The SMILES string of the molecule is CCCN1CCCC2(CC3=C(CCC=C3)NC2=O)C1. The molecule has 0 aromatic carbocycles. The summed E-state index contributed by atoms with van der Waals surface area (Å²) >= 11 is 0. The van der Waals surface area contributed by atoms with Gasteiger partial charge in [-0.1, -0.05) is 19.1 Å². The van der Waals surface area contributed by atoms with Crippen LogP contribution in [0.3, 0.4) is 0 Å². The van der Waals surface area contributed by atoms with E-state index in [0.717, 1.165) is 51.7 Å². The summed E-state index contributed by atoms with van der Waals surface area (Å²) in [6, 6.07) is 0. The largest absolute Gasteiger partial charge is 0.329 e. The van der Waals surface area contributed by atoms with E-state index < -0.39 is 0 Å². The summed E-state index contributed by atoms with van der Waals surface area (Å²) in [5.74, 6) is 0.280. The van der Waals surface area contributed by atoms with Gasteiger partial charge in [-0.25, -0.2) is 0 Å². The van der Waals surface area contributed by atoms with Crippen molar-refractivity contribution >= 4 is 5.91 Å². The summed E-state index contributed by atoms with van der Waals surface area (Å²) in [4.78, 5) is 15.1. The van der Waals surface area contributed by atoms with Crippen LogP contribution in [0.15, 0.2) is 23.4 Å². The molecule has 1 atom stereocenters. The number of rotatable bonds is 2. The van der Waals surface area contributed by atoms with Gasteiger partial charge in [-0.15, -0.1) is 0 Å². The molecule has 1 aliphatic carbocycles. The molecule has 1 saturated heterocycles. The number of nitrogens with one attached hydrogen (secondary N) is 1.